The summed E-state index contributed by atoms with van der Waals surface area (Å²) in [5.74, 6) is 0.503. The summed E-state index contributed by atoms with van der Waals surface area (Å²) in [7, 11) is 0. The van der Waals surface area contributed by atoms with Gasteiger partial charge in [-0.05, 0) is 49.3 Å². The molecule has 0 aromatic heterocycles. The van der Waals surface area contributed by atoms with Gasteiger partial charge in [-0.2, -0.15) is 0 Å². The summed E-state index contributed by atoms with van der Waals surface area (Å²) in [5.41, 5.74) is 5.31. The van der Waals surface area contributed by atoms with E-state index in [1.807, 2.05) is 0 Å². The molecule has 1 N–H and O–H groups in total. The van der Waals surface area contributed by atoms with Crippen molar-refractivity contribution in [3.63, 3.8) is 0 Å². The molecule has 0 saturated carbocycles. The van der Waals surface area contributed by atoms with Gasteiger partial charge in [0, 0.05) is 12.2 Å². The van der Waals surface area contributed by atoms with Crippen LogP contribution in [0.2, 0.25) is 0 Å². The zero-order valence-electron chi connectivity index (χ0n) is 13.2. The third-order valence-electron chi connectivity index (χ3n) is 3.49. The van der Waals surface area contributed by atoms with Crippen molar-refractivity contribution < 1.29 is 0 Å². The molecule has 0 spiro atoms. The van der Waals surface area contributed by atoms with Crippen LogP contribution in [0.4, 0.5) is 5.69 Å². The topological polar surface area (TPSA) is 12.0 Å². The van der Waals surface area contributed by atoms with Crippen molar-refractivity contribution in [3.8, 4) is 0 Å². The van der Waals surface area contributed by atoms with Crippen molar-refractivity contribution in [1.29, 1.82) is 0 Å². The molecule has 0 heterocycles. The Hall–Kier alpha value is -0.690. The Labute approximate surface area is 123 Å². The van der Waals surface area contributed by atoms with E-state index >= 15 is 0 Å². The molecule has 0 amide bonds. The zero-order chi connectivity index (χ0) is 14.6. The predicted molar refractivity (Wildman–Crippen MR) is 87.6 cm³/mol. The van der Waals surface area contributed by atoms with Crippen LogP contribution < -0.4 is 5.32 Å². The molecule has 108 valence electrons. The minimum Gasteiger partial charge on any atom is -0.385 e. The summed E-state index contributed by atoms with van der Waals surface area (Å²) in [6.07, 6.45) is 2.18. The number of aryl methyl sites for hydroxylation is 1. The molecule has 1 nitrogen and oxygen atoms in total. The highest BCUT2D eigenvalue weighted by Crippen LogP contribution is 2.36. The Balaban J connectivity index is 3.36. The maximum Gasteiger partial charge on any atom is 0.0639 e. The first-order chi connectivity index (χ1) is 8.81. The monoisotopic (exact) mass is 281 g/mol. The number of alkyl halides is 1. The molecule has 0 fully saturated rings. The average molecular weight is 282 g/mol. The van der Waals surface area contributed by atoms with E-state index in [1.54, 1.807) is 0 Å². The van der Waals surface area contributed by atoms with Crippen LogP contribution in [0.15, 0.2) is 12.1 Å². The second-order valence-electron chi connectivity index (χ2n) is 6.01. The SMILES string of the molecule is CCCNc1c(CC)cc(C(C)(C)Cl)cc1C(C)C. The van der Waals surface area contributed by atoms with Gasteiger partial charge in [-0.1, -0.05) is 39.8 Å². The van der Waals surface area contributed by atoms with Gasteiger partial charge in [0.05, 0.1) is 4.87 Å². The van der Waals surface area contributed by atoms with E-state index in [-0.39, 0.29) is 4.87 Å². The number of hydrogen-bond donors (Lipinski definition) is 1. The molecule has 1 aromatic carbocycles. The quantitative estimate of drug-likeness (QED) is 0.663. The highest BCUT2D eigenvalue weighted by atomic mass is 35.5. The lowest BCUT2D eigenvalue weighted by Gasteiger charge is -2.24. The number of rotatable bonds is 6. The lowest BCUT2D eigenvalue weighted by atomic mass is 9.90. The lowest BCUT2D eigenvalue weighted by Crippen LogP contribution is -2.13. The molecular formula is C17H28ClN. The van der Waals surface area contributed by atoms with Crippen LogP contribution in [0.3, 0.4) is 0 Å². The van der Waals surface area contributed by atoms with Gasteiger partial charge >= 0.3 is 0 Å². The van der Waals surface area contributed by atoms with E-state index in [0.29, 0.717) is 5.92 Å². The fraction of sp³-hybridized carbons (Fsp3) is 0.647. The van der Waals surface area contributed by atoms with Crippen LogP contribution >= 0.6 is 11.6 Å². The minimum absolute atomic E-state index is 0.309. The van der Waals surface area contributed by atoms with Gasteiger partial charge in [0.1, 0.15) is 0 Å². The smallest absolute Gasteiger partial charge is 0.0639 e. The molecule has 0 aliphatic rings. The fourth-order valence-corrected chi connectivity index (χ4v) is 2.38. The van der Waals surface area contributed by atoms with E-state index in [1.165, 1.54) is 22.4 Å². The minimum atomic E-state index is -0.309. The van der Waals surface area contributed by atoms with Gasteiger partial charge in [-0.15, -0.1) is 11.6 Å². The average Bonchev–Trinajstić information content (AvgIpc) is 2.33. The molecule has 2 heteroatoms. The van der Waals surface area contributed by atoms with Gasteiger partial charge < -0.3 is 5.32 Å². The van der Waals surface area contributed by atoms with E-state index in [0.717, 1.165) is 19.4 Å². The second-order valence-corrected chi connectivity index (χ2v) is 6.95. The van der Waals surface area contributed by atoms with Crippen LogP contribution in [0.5, 0.6) is 0 Å². The van der Waals surface area contributed by atoms with E-state index < -0.39 is 0 Å². The van der Waals surface area contributed by atoms with Crippen molar-refractivity contribution >= 4 is 17.3 Å². The number of anilines is 1. The molecule has 0 aliphatic carbocycles. The van der Waals surface area contributed by atoms with Crippen LogP contribution in [0.1, 0.15) is 70.6 Å². The normalized spacial score (nSPS) is 12.0. The Bertz CT molecular complexity index is 416. The van der Waals surface area contributed by atoms with Crippen molar-refractivity contribution in [3.05, 3.63) is 28.8 Å². The van der Waals surface area contributed by atoms with Gasteiger partial charge in [-0.25, -0.2) is 0 Å². The molecule has 0 atom stereocenters. The van der Waals surface area contributed by atoms with Crippen LogP contribution in [0, 0.1) is 0 Å². The first kappa shape index (κ1) is 16.4. The third kappa shape index (κ3) is 4.14. The molecule has 1 aromatic rings. The summed E-state index contributed by atoms with van der Waals surface area (Å²) in [6, 6.07) is 4.53. The van der Waals surface area contributed by atoms with Crippen LogP contribution in [-0.4, -0.2) is 6.54 Å². The van der Waals surface area contributed by atoms with Crippen LogP contribution in [0.25, 0.3) is 0 Å². The molecule has 1 rings (SSSR count). The van der Waals surface area contributed by atoms with E-state index in [2.05, 4.69) is 59.0 Å². The first-order valence-corrected chi connectivity index (χ1v) is 7.79. The second kappa shape index (κ2) is 6.65. The van der Waals surface area contributed by atoms with E-state index in [9.17, 15) is 0 Å². The molecule has 19 heavy (non-hydrogen) atoms. The summed E-state index contributed by atoms with van der Waals surface area (Å²) >= 11 is 6.50. The highest BCUT2D eigenvalue weighted by molar-refractivity contribution is 6.23. The summed E-state index contributed by atoms with van der Waals surface area (Å²) in [5, 5.41) is 3.60. The van der Waals surface area contributed by atoms with Crippen molar-refractivity contribution in [2.24, 2.45) is 0 Å². The molecule has 0 saturated heterocycles. The Morgan fingerprint density at radius 3 is 2.26 bits per heavy atom. The number of halogens is 1. The Morgan fingerprint density at radius 1 is 1.21 bits per heavy atom. The largest absolute Gasteiger partial charge is 0.385 e. The third-order valence-corrected chi connectivity index (χ3v) is 3.71. The number of hydrogen-bond acceptors (Lipinski definition) is 1. The maximum atomic E-state index is 6.50. The van der Waals surface area contributed by atoms with Gasteiger partial charge in [0.25, 0.3) is 0 Å². The molecule has 0 aliphatic heterocycles. The number of benzene rings is 1. The lowest BCUT2D eigenvalue weighted by molar-refractivity contribution is 0.755. The van der Waals surface area contributed by atoms with Crippen LogP contribution in [-0.2, 0) is 11.3 Å². The molecule has 0 unspecified atom stereocenters. The van der Waals surface area contributed by atoms with Crippen molar-refractivity contribution in [2.45, 2.75) is 65.2 Å². The van der Waals surface area contributed by atoms with Gasteiger partial charge in [0.15, 0.2) is 0 Å². The summed E-state index contributed by atoms with van der Waals surface area (Å²) in [6.45, 7) is 14.1. The summed E-state index contributed by atoms with van der Waals surface area (Å²) in [4.78, 5) is -0.309. The van der Waals surface area contributed by atoms with Crippen molar-refractivity contribution in [2.75, 3.05) is 11.9 Å². The molecule has 0 bridgehead atoms. The predicted octanol–water partition coefficient (Wildman–Crippen LogP) is 5.67. The fourth-order valence-electron chi connectivity index (χ4n) is 2.27. The Kier molecular flexibility index (Phi) is 5.73. The van der Waals surface area contributed by atoms with E-state index in [4.69, 9.17) is 11.6 Å². The molecular weight excluding hydrogens is 254 g/mol. The Morgan fingerprint density at radius 2 is 1.84 bits per heavy atom. The van der Waals surface area contributed by atoms with Gasteiger partial charge in [-0.3, -0.25) is 0 Å². The van der Waals surface area contributed by atoms with Crippen molar-refractivity contribution in [1.82, 2.24) is 0 Å². The zero-order valence-corrected chi connectivity index (χ0v) is 14.0. The molecule has 0 radical (unpaired) electrons. The highest BCUT2D eigenvalue weighted by Gasteiger charge is 2.21. The summed E-state index contributed by atoms with van der Waals surface area (Å²) < 4.78 is 0. The maximum absolute atomic E-state index is 6.50. The van der Waals surface area contributed by atoms with Gasteiger partial charge in [0.2, 0.25) is 0 Å². The first-order valence-electron chi connectivity index (χ1n) is 7.41. The standard InChI is InChI=1S/C17H28ClN/c1-7-9-19-16-13(8-2)10-14(17(5,6)18)11-15(16)12(3)4/h10-12,19H,7-9H2,1-6H3. The number of nitrogens with one attached hydrogen (secondary N) is 1.